The number of rotatable bonds is 4. The van der Waals surface area contributed by atoms with Gasteiger partial charge in [-0.3, -0.25) is 4.72 Å². The number of nitrogens with one attached hydrogen (secondary N) is 1. The fourth-order valence-corrected chi connectivity index (χ4v) is 5.47. The molecule has 0 fully saturated rings. The van der Waals surface area contributed by atoms with Crippen LogP contribution in [0.5, 0.6) is 5.75 Å². The highest BCUT2D eigenvalue weighted by Gasteiger charge is 2.20. The molecule has 0 saturated carbocycles. The van der Waals surface area contributed by atoms with Crippen LogP contribution in [0.2, 0.25) is 5.02 Å². The first-order valence-corrected chi connectivity index (χ1v) is 9.77. The first-order chi connectivity index (χ1) is 9.70. The Kier molecular flexibility index (Phi) is 5.07. The van der Waals surface area contributed by atoms with Gasteiger partial charge in [0, 0.05) is 0 Å². The molecule has 0 bridgehead atoms. The highest BCUT2D eigenvalue weighted by Crippen LogP contribution is 2.34. The normalized spacial score (nSPS) is 11.9. The zero-order valence-electron chi connectivity index (χ0n) is 11.2. The number of sulfonamides is 1. The van der Waals surface area contributed by atoms with Crippen molar-refractivity contribution in [1.29, 1.82) is 0 Å². The molecule has 1 heterocycles. The molecule has 0 spiro atoms. The molecule has 1 aromatic carbocycles. The SMILES string of the molecule is CC(C)c1ccc(O)c(NS(=O)(=O)c2cc(Cl)c(I)s2)c1. The average molecular weight is 458 g/mol. The van der Waals surface area contributed by atoms with E-state index in [1.54, 1.807) is 12.1 Å². The second kappa shape index (κ2) is 6.31. The molecular formula is C13H13ClINO3S2. The summed E-state index contributed by atoms with van der Waals surface area (Å²) in [6.07, 6.45) is 0. The van der Waals surface area contributed by atoms with Crippen LogP contribution in [-0.2, 0) is 10.0 Å². The quantitative estimate of drug-likeness (QED) is 0.519. The molecule has 1 aromatic heterocycles. The van der Waals surface area contributed by atoms with Gasteiger partial charge in [-0.05, 0) is 52.3 Å². The highest BCUT2D eigenvalue weighted by atomic mass is 127. The minimum Gasteiger partial charge on any atom is -0.506 e. The Morgan fingerprint density at radius 2 is 2.00 bits per heavy atom. The van der Waals surface area contributed by atoms with E-state index < -0.39 is 10.0 Å². The van der Waals surface area contributed by atoms with Gasteiger partial charge in [-0.2, -0.15) is 0 Å². The van der Waals surface area contributed by atoms with Gasteiger partial charge in [-0.1, -0.05) is 31.5 Å². The maximum Gasteiger partial charge on any atom is 0.271 e. The van der Waals surface area contributed by atoms with Crippen molar-refractivity contribution in [2.45, 2.75) is 24.0 Å². The Balaban J connectivity index is 2.38. The molecular weight excluding hydrogens is 445 g/mol. The van der Waals surface area contributed by atoms with Gasteiger partial charge in [0.2, 0.25) is 0 Å². The summed E-state index contributed by atoms with van der Waals surface area (Å²) in [6.45, 7) is 3.98. The van der Waals surface area contributed by atoms with Crippen LogP contribution in [0, 0.1) is 2.88 Å². The van der Waals surface area contributed by atoms with E-state index in [1.807, 2.05) is 36.4 Å². The lowest BCUT2D eigenvalue weighted by atomic mass is 10.0. The Bertz CT molecular complexity index is 752. The van der Waals surface area contributed by atoms with Crippen LogP contribution in [0.4, 0.5) is 5.69 Å². The Morgan fingerprint density at radius 1 is 1.33 bits per heavy atom. The number of phenols is 1. The first kappa shape index (κ1) is 16.9. The fraction of sp³-hybridized carbons (Fsp3) is 0.231. The van der Waals surface area contributed by atoms with Gasteiger partial charge < -0.3 is 5.11 Å². The summed E-state index contributed by atoms with van der Waals surface area (Å²) < 4.78 is 27.9. The summed E-state index contributed by atoms with van der Waals surface area (Å²) in [6, 6.07) is 6.29. The van der Waals surface area contributed by atoms with Crippen LogP contribution >= 0.6 is 45.5 Å². The zero-order chi connectivity index (χ0) is 15.8. The van der Waals surface area contributed by atoms with E-state index in [2.05, 4.69) is 4.72 Å². The topological polar surface area (TPSA) is 66.4 Å². The third-order valence-corrected chi connectivity index (χ3v) is 7.55. The molecule has 4 nitrogen and oxygen atoms in total. The molecule has 0 saturated heterocycles. The van der Waals surface area contributed by atoms with Crippen molar-refractivity contribution in [3.8, 4) is 5.75 Å². The third kappa shape index (κ3) is 3.82. The number of benzene rings is 1. The van der Waals surface area contributed by atoms with E-state index in [1.165, 1.54) is 12.1 Å². The number of halogens is 2. The number of hydrogen-bond donors (Lipinski definition) is 2. The van der Waals surface area contributed by atoms with Crippen molar-refractivity contribution < 1.29 is 13.5 Å². The summed E-state index contributed by atoms with van der Waals surface area (Å²) in [7, 11) is -3.76. The summed E-state index contributed by atoms with van der Waals surface area (Å²) >= 11 is 8.96. The van der Waals surface area contributed by atoms with E-state index in [0.29, 0.717) is 7.91 Å². The predicted molar refractivity (Wildman–Crippen MR) is 95.1 cm³/mol. The molecule has 2 N–H and O–H groups in total. The lowest BCUT2D eigenvalue weighted by Gasteiger charge is -2.12. The van der Waals surface area contributed by atoms with Crippen molar-refractivity contribution in [3.05, 3.63) is 37.7 Å². The average Bonchev–Trinajstić information content (AvgIpc) is 2.73. The molecule has 0 atom stereocenters. The number of thiophene rings is 1. The molecule has 21 heavy (non-hydrogen) atoms. The van der Waals surface area contributed by atoms with Crippen molar-refractivity contribution in [1.82, 2.24) is 0 Å². The van der Waals surface area contributed by atoms with E-state index in [4.69, 9.17) is 11.6 Å². The van der Waals surface area contributed by atoms with Gasteiger partial charge in [0.1, 0.15) is 9.96 Å². The van der Waals surface area contributed by atoms with Gasteiger partial charge in [0.25, 0.3) is 10.0 Å². The van der Waals surface area contributed by atoms with Crippen molar-refractivity contribution in [3.63, 3.8) is 0 Å². The Morgan fingerprint density at radius 3 is 2.52 bits per heavy atom. The van der Waals surface area contributed by atoms with Gasteiger partial charge in [-0.15, -0.1) is 11.3 Å². The van der Waals surface area contributed by atoms with E-state index in [0.717, 1.165) is 16.9 Å². The van der Waals surface area contributed by atoms with Gasteiger partial charge in [-0.25, -0.2) is 8.42 Å². The summed E-state index contributed by atoms with van der Waals surface area (Å²) in [5.74, 6) is 0.117. The maximum absolute atomic E-state index is 12.3. The zero-order valence-corrected chi connectivity index (χ0v) is 15.8. The Labute approximate surface area is 146 Å². The minimum atomic E-state index is -3.76. The molecule has 0 radical (unpaired) electrons. The third-order valence-electron chi connectivity index (χ3n) is 2.82. The highest BCUT2D eigenvalue weighted by molar-refractivity contribution is 14.1. The fourth-order valence-electron chi connectivity index (χ4n) is 1.65. The number of hydrogen-bond acceptors (Lipinski definition) is 4. The van der Waals surface area contributed by atoms with Crippen LogP contribution in [0.1, 0.15) is 25.3 Å². The van der Waals surface area contributed by atoms with Crippen LogP contribution < -0.4 is 4.72 Å². The second-order valence-electron chi connectivity index (χ2n) is 4.72. The van der Waals surface area contributed by atoms with Crippen LogP contribution in [0.3, 0.4) is 0 Å². The van der Waals surface area contributed by atoms with Crippen LogP contribution in [0.25, 0.3) is 0 Å². The molecule has 8 heteroatoms. The lowest BCUT2D eigenvalue weighted by molar-refractivity contribution is 0.477. The van der Waals surface area contributed by atoms with E-state index in [-0.39, 0.29) is 21.6 Å². The molecule has 2 aromatic rings. The minimum absolute atomic E-state index is 0.111. The molecule has 0 unspecified atom stereocenters. The predicted octanol–water partition coefficient (Wildman–Crippen LogP) is 4.64. The van der Waals surface area contributed by atoms with E-state index in [9.17, 15) is 13.5 Å². The molecule has 0 aliphatic rings. The standard InChI is InChI=1S/C13H13ClINO3S2/c1-7(2)8-3-4-11(17)10(5-8)16-21(18,19)12-6-9(14)13(15)20-12/h3-7,16-17H,1-2H3. The molecule has 2 rings (SSSR count). The molecule has 0 aliphatic carbocycles. The molecule has 114 valence electrons. The summed E-state index contributed by atoms with van der Waals surface area (Å²) in [5.41, 5.74) is 1.10. The van der Waals surface area contributed by atoms with Crippen LogP contribution in [-0.4, -0.2) is 13.5 Å². The smallest absolute Gasteiger partial charge is 0.271 e. The van der Waals surface area contributed by atoms with Gasteiger partial charge >= 0.3 is 0 Å². The van der Waals surface area contributed by atoms with Crippen molar-refractivity contribution >= 4 is 61.2 Å². The first-order valence-electron chi connectivity index (χ1n) is 6.01. The Hall–Kier alpha value is -0.510. The monoisotopic (exact) mass is 457 g/mol. The summed E-state index contributed by atoms with van der Waals surface area (Å²) in [5, 5.41) is 10.2. The van der Waals surface area contributed by atoms with Gasteiger partial charge in [0.05, 0.1) is 13.6 Å². The van der Waals surface area contributed by atoms with Gasteiger partial charge in [0.15, 0.2) is 0 Å². The molecule has 0 aliphatic heterocycles. The van der Waals surface area contributed by atoms with Crippen LogP contribution in [0.15, 0.2) is 28.5 Å². The number of anilines is 1. The van der Waals surface area contributed by atoms with Crippen molar-refractivity contribution in [2.75, 3.05) is 4.72 Å². The van der Waals surface area contributed by atoms with E-state index >= 15 is 0 Å². The second-order valence-corrected chi connectivity index (χ2v) is 9.90. The maximum atomic E-state index is 12.3. The largest absolute Gasteiger partial charge is 0.506 e. The number of phenolic OH excluding ortho intramolecular Hbond substituents is 1. The number of aromatic hydroxyl groups is 1. The lowest BCUT2D eigenvalue weighted by Crippen LogP contribution is -2.12. The molecule has 0 amide bonds. The summed E-state index contributed by atoms with van der Waals surface area (Å²) in [4.78, 5) is 0. The van der Waals surface area contributed by atoms with Crippen molar-refractivity contribution in [2.24, 2.45) is 0 Å².